The second-order valence-corrected chi connectivity index (χ2v) is 8.88. The van der Waals surface area contributed by atoms with Gasteiger partial charge in [-0.2, -0.15) is 18.4 Å². The Kier molecular flexibility index (Phi) is 5.85. The molecule has 3 aromatic rings. The summed E-state index contributed by atoms with van der Waals surface area (Å²) in [5.41, 5.74) is 2.79. The highest BCUT2D eigenvalue weighted by Crippen LogP contribution is 2.30. The first-order chi connectivity index (χ1) is 15.0. The summed E-state index contributed by atoms with van der Waals surface area (Å²) in [5, 5.41) is 7.01. The van der Waals surface area contributed by atoms with Crippen molar-refractivity contribution in [1.29, 1.82) is 0 Å². The minimum absolute atomic E-state index is 0.134. The van der Waals surface area contributed by atoms with Gasteiger partial charge in [0.1, 0.15) is 5.76 Å². The van der Waals surface area contributed by atoms with Crippen LogP contribution >= 0.6 is 0 Å². The minimum atomic E-state index is -3.78. The highest BCUT2D eigenvalue weighted by Gasteiger charge is 2.28. The molecule has 0 unspecified atom stereocenters. The van der Waals surface area contributed by atoms with Crippen LogP contribution in [0.15, 0.2) is 69.3 Å². The smallest absolute Gasteiger partial charge is 0.287 e. The third-order valence-electron chi connectivity index (χ3n) is 5.06. The van der Waals surface area contributed by atoms with Gasteiger partial charge in [-0.15, -0.1) is 0 Å². The van der Waals surface area contributed by atoms with Crippen LogP contribution in [-0.2, 0) is 23.0 Å². The number of hydrazone groups is 1. The third-order valence-corrected chi connectivity index (χ3v) is 6.29. The van der Waals surface area contributed by atoms with Gasteiger partial charge in [-0.1, -0.05) is 24.3 Å². The van der Waals surface area contributed by atoms with Gasteiger partial charge in [-0.05, 0) is 43.5 Å². The Morgan fingerprint density at radius 3 is 2.71 bits per heavy atom. The molecule has 0 fully saturated rings. The lowest BCUT2D eigenvalue weighted by Crippen LogP contribution is -2.23. The van der Waals surface area contributed by atoms with Crippen molar-refractivity contribution in [1.82, 2.24) is 15.1 Å². The third kappa shape index (κ3) is 4.51. The van der Waals surface area contributed by atoms with E-state index in [-0.39, 0.29) is 16.6 Å². The molecule has 0 radical (unpaired) electrons. The molecule has 0 bridgehead atoms. The van der Waals surface area contributed by atoms with E-state index in [1.54, 1.807) is 43.6 Å². The van der Waals surface area contributed by atoms with Crippen molar-refractivity contribution in [2.75, 3.05) is 0 Å². The van der Waals surface area contributed by atoms with Crippen LogP contribution in [0.25, 0.3) is 0 Å². The van der Waals surface area contributed by atoms with Crippen LogP contribution < -0.4 is 10.1 Å². The molecule has 0 spiro atoms. The first-order valence-corrected chi connectivity index (χ1v) is 11.4. The molecule has 0 atom stereocenters. The number of hydrogen-bond donors (Lipinski definition) is 2. The second kappa shape index (κ2) is 8.73. The number of fused-ring (bicyclic) bond motifs is 1. The summed E-state index contributed by atoms with van der Waals surface area (Å²) in [6, 6.07) is 11.7. The van der Waals surface area contributed by atoms with Gasteiger partial charge in [-0.3, -0.25) is 9.78 Å². The number of aromatic nitrogens is 1. The lowest BCUT2D eigenvalue weighted by atomic mass is 9.93. The van der Waals surface area contributed by atoms with Crippen molar-refractivity contribution in [3.05, 3.63) is 83.1 Å². The largest absolute Gasteiger partial charge is 0.455 e. The van der Waals surface area contributed by atoms with E-state index < -0.39 is 10.0 Å². The van der Waals surface area contributed by atoms with Crippen LogP contribution in [0, 0.1) is 6.92 Å². The Morgan fingerprint density at radius 1 is 1.16 bits per heavy atom. The Labute approximate surface area is 180 Å². The Balaban J connectivity index is 1.55. The highest BCUT2D eigenvalue weighted by molar-refractivity contribution is 7.89. The van der Waals surface area contributed by atoms with Gasteiger partial charge in [-0.25, -0.2) is 0 Å². The van der Waals surface area contributed by atoms with Gasteiger partial charge < -0.3 is 9.73 Å². The minimum Gasteiger partial charge on any atom is -0.455 e. The number of nitrogens with zero attached hydrogens (tertiary/aromatic N) is 2. The lowest BCUT2D eigenvalue weighted by Gasteiger charge is -2.14. The molecular formula is C22H22N4O4S. The van der Waals surface area contributed by atoms with Crippen molar-refractivity contribution in [3.63, 3.8) is 0 Å². The molecule has 2 aromatic heterocycles. The fourth-order valence-corrected chi connectivity index (χ4v) is 4.38. The van der Waals surface area contributed by atoms with E-state index in [0.717, 1.165) is 12.0 Å². The zero-order chi connectivity index (χ0) is 21.8. The van der Waals surface area contributed by atoms with E-state index in [9.17, 15) is 13.2 Å². The number of carbonyl (C=O) groups excluding carboxylic acids is 1. The van der Waals surface area contributed by atoms with E-state index in [0.29, 0.717) is 42.0 Å². The van der Waals surface area contributed by atoms with Crippen molar-refractivity contribution < 1.29 is 17.6 Å². The quantitative estimate of drug-likeness (QED) is 0.575. The van der Waals surface area contributed by atoms with E-state index in [2.05, 4.69) is 20.2 Å². The number of aryl methyl sites for hydroxylation is 1. The fourth-order valence-electron chi connectivity index (χ4n) is 3.53. The monoisotopic (exact) mass is 438 g/mol. The summed E-state index contributed by atoms with van der Waals surface area (Å²) in [5.74, 6) is 0.530. The summed E-state index contributed by atoms with van der Waals surface area (Å²) in [7, 11) is -3.78. The zero-order valence-corrected chi connectivity index (χ0v) is 17.8. The van der Waals surface area contributed by atoms with Crippen molar-refractivity contribution in [2.24, 2.45) is 5.10 Å². The summed E-state index contributed by atoms with van der Waals surface area (Å²) in [4.78, 5) is 19.2. The molecule has 0 saturated carbocycles. The Morgan fingerprint density at radius 2 is 1.97 bits per heavy atom. The number of benzene rings is 1. The molecule has 160 valence electrons. The van der Waals surface area contributed by atoms with Crippen LogP contribution in [0.2, 0.25) is 0 Å². The lowest BCUT2D eigenvalue weighted by molar-refractivity contribution is 0.0920. The van der Waals surface area contributed by atoms with E-state index in [1.807, 2.05) is 6.07 Å². The maximum absolute atomic E-state index is 12.7. The van der Waals surface area contributed by atoms with Crippen LogP contribution in [0.3, 0.4) is 0 Å². The SMILES string of the molecule is Cc1c(C(=O)NCc2cccnc2)oc2c1/C(=N/NS(=O)(=O)c1ccccc1)CCC2. The molecule has 2 heterocycles. The standard InChI is InChI=1S/C22H22N4O4S/c1-15-20-18(25-26-31(28,29)17-8-3-2-4-9-17)10-5-11-19(20)30-21(15)22(27)24-14-16-7-6-12-23-13-16/h2-4,6-9,12-13,26H,5,10-11,14H2,1H3,(H,24,27)/b25-18+. The summed E-state index contributed by atoms with van der Waals surface area (Å²) in [6.45, 7) is 2.11. The first-order valence-electron chi connectivity index (χ1n) is 9.89. The van der Waals surface area contributed by atoms with Gasteiger partial charge >= 0.3 is 0 Å². The molecule has 1 amide bonds. The fraction of sp³-hybridized carbons (Fsp3) is 0.227. The number of rotatable bonds is 6. The Bertz CT molecular complexity index is 1220. The van der Waals surface area contributed by atoms with Gasteiger partial charge in [0.2, 0.25) is 0 Å². The van der Waals surface area contributed by atoms with E-state index in [4.69, 9.17) is 4.42 Å². The Hall–Kier alpha value is -3.46. The van der Waals surface area contributed by atoms with Crippen LogP contribution in [-0.4, -0.2) is 25.0 Å². The molecule has 9 heteroatoms. The molecule has 0 aliphatic heterocycles. The normalized spacial score (nSPS) is 14.8. The topological polar surface area (TPSA) is 114 Å². The number of sulfonamides is 1. The van der Waals surface area contributed by atoms with Gasteiger partial charge in [0.15, 0.2) is 5.76 Å². The summed E-state index contributed by atoms with van der Waals surface area (Å²) in [6.07, 6.45) is 5.35. The average Bonchev–Trinajstić information content (AvgIpc) is 3.14. The zero-order valence-electron chi connectivity index (χ0n) is 17.0. The van der Waals surface area contributed by atoms with E-state index in [1.165, 1.54) is 12.1 Å². The van der Waals surface area contributed by atoms with Gasteiger partial charge in [0.25, 0.3) is 15.9 Å². The number of furan rings is 1. The number of nitrogens with one attached hydrogen (secondary N) is 2. The summed E-state index contributed by atoms with van der Waals surface area (Å²) >= 11 is 0. The number of hydrogen-bond acceptors (Lipinski definition) is 6. The number of amides is 1. The molecule has 1 aliphatic rings. The maximum atomic E-state index is 12.7. The predicted octanol–water partition coefficient (Wildman–Crippen LogP) is 2.93. The van der Waals surface area contributed by atoms with Gasteiger partial charge in [0.05, 0.1) is 10.6 Å². The average molecular weight is 439 g/mol. The van der Waals surface area contributed by atoms with Gasteiger partial charge in [0, 0.05) is 36.5 Å². The predicted molar refractivity (Wildman–Crippen MR) is 115 cm³/mol. The second-order valence-electron chi connectivity index (χ2n) is 7.22. The molecule has 1 aromatic carbocycles. The molecule has 4 rings (SSSR count). The van der Waals surface area contributed by atoms with Crippen molar-refractivity contribution in [2.45, 2.75) is 37.6 Å². The van der Waals surface area contributed by atoms with Crippen molar-refractivity contribution in [3.8, 4) is 0 Å². The van der Waals surface area contributed by atoms with E-state index >= 15 is 0 Å². The van der Waals surface area contributed by atoms with Crippen LogP contribution in [0.4, 0.5) is 0 Å². The molecule has 8 nitrogen and oxygen atoms in total. The summed E-state index contributed by atoms with van der Waals surface area (Å²) < 4.78 is 30.8. The molecule has 31 heavy (non-hydrogen) atoms. The maximum Gasteiger partial charge on any atom is 0.287 e. The number of pyridine rings is 1. The molecule has 0 saturated heterocycles. The molecule has 1 aliphatic carbocycles. The molecular weight excluding hydrogens is 416 g/mol. The van der Waals surface area contributed by atoms with Crippen LogP contribution in [0.5, 0.6) is 0 Å². The van der Waals surface area contributed by atoms with Crippen LogP contribution in [0.1, 0.15) is 45.8 Å². The molecule has 2 N–H and O–H groups in total. The van der Waals surface area contributed by atoms with Crippen molar-refractivity contribution >= 4 is 21.6 Å². The highest BCUT2D eigenvalue weighted by atomic mass is 32.2. The first kappa shape index (κ1) is 20.8. The number of carbonyl (C=O) groups is 1.